The van der Waals surface area contributed by atoms with E-state index in [0.29, 0.717) is 13.0 Å². The normalized spacial score (nSPS) is 24.1. The van der Waals surface area contributed by atoms with Crippen LogP contribution in [0.3, 0.4) is 0 Å². The van der Waals surface area contributed by atoms with Crippen molar-refractivity contribution in [2.24, 2.45) is 0 Å². The number of hydrogen-bond acceptors (Lipinski definition) is 3. The average Bonchev–Trinajstić information content (AvgIpc) is 2.80. The number of carbonyl (C=O) groups excluding carboxylic acids is 2. The highest BCUT2D eigenvalue weighted by Gasteiger charge is 2.38. The second kappa shape index (κ2) is 6.11. The van der Waals surface area contributed by atoms with Gasteiger partial charge in [-0.2, -0.15) is 0 Å². The average molecular weight is 330 g/mol. The van der Waals surface area contributed by atoms with Gasteiger partial charge in [0.25, 0.3) is 0 Å². The summed E-state index contributed by atoms with van der Waals surface area (Å²) in [5, 5.41) is 0. The Morgan fingerprint density at radius 3 is 2.62 bits per heavy atom. The topological polar surface area (TPSA) is 49.9 Å². The lowest BCUT2D eigenvalue weighted by molar-refractivity contribution is -0.118. The van der Waals surface area contributed by atoms with Crippen molar-refractivity contribution in [3.05, 3.63) is 29.8 Å². The first-order chi connectivity index (χ1) is 11.3. The van der Waals surface area contributed by atoms with Crippen LogP contribution in [0.25, 0.3) is 0 Å². The molecule has 2 heterocycles. The van der Waals surface area contributed by atoms with Crippen LogP contribution in [-0.4, -0.2) is 41.1 Å². The van der Waals surface area contributed by atoms with Crippen LogP contribution in [-0.2, 0) is 16.0 Å². The lowest BCUT2D eigenvalue weighted by atomic mass is 9.97. The van der Waals surface area contributed by atoms with Gasteiger partial charge in [0, 0.05) is 24.3 Å². The minimum absolute atomic E-state index is 0.0548. The predicted octanol–water partition coefficient (Wildman–Crippen LogP) is 3.36. The predicted molar refractivity (Wildman–Crippen MR) is 93.1 cm³/mol. The first-order valence-electron chi connectivity index (χ1n) is 8.66. The third kappa shape index (κ3) is 3.25. The lowest BCUT2D eigenvalue weighted by Crippen LogP contribution is -2.52. The maximum atomic E-state index is 12.5. The quantitative estimate of drug-likeness (QED) is 0.793. The molecule has 1 aromatic carbocycles. The molecule has 2 aliphatic heterocycles. The van der Waals surface area contributed by atoms with E-state index in [-0.39, 0.29) is 24.1 Å². The van der Waals surface area contributed by atoms with Crippen molar-refractivity contribution >= 4 is 17.7 Å². The van der Waals surface area contributed by atoms with Crippen molar-refractivity contribution in [3.63, 3.8) is 0 Å². The highest BCUT2D eigenvalue weighted by molar-refractivity contribution is 6.01. The van der Waals surface area contributed by atoms with E-state index >= 15 is 0 Å². The largest absolute Gasteiger partial charge is 0.444 e. The van der Waals surface area contributed by atoms with Crippen molar-refractivity contribution in [2.45, 2.75) is 64.6 Å². The van der Waals surface area contributed by atoms with Gasteiger partial charge in [0.1, 0.15) is 5.60 Å². The van der Waals surface area contributed by atoms with Crippen LogP contribution in [0, 0.1) is 0 Å². The molecule has 0 bridgehead atoms. The second-order valence-electron chi connectivity index (χ2n) is 7.77. The summed E-state index contributed by atoms with van der Waals surface area (Å²) in [5.74, 6) is 0.166. The zero-order chi connectivity index (χ0) is 17.5. The summed E-state index contributed by atoms with van der Waals surface area (Å²) in [7, 11) is 0. The van der Waals surface area contributed by atoms with Crippen molar-refractivity contribution in [1.29, 1.82) is 0 Å². The van der Waals surface area contributed by atoms with Gasteiger partial charge in [-0.05, 0) is 52.2 Å². The molecule has 1 aromatic rings. The summed E-state index contributed by atoms with van der Waals surface area (Å²) < 4.78 is 5.49. The molecule has 5 nitrogen and oxygen atoms in total. The minimum atomic E-state index is -0.489. The van der Waals surface area contributed by atoms with Gasteiger partial charge in [-0.3, -0.25) is 4.79 Å². The van der Waals surface area contributed by atoms with E-state index in [0.717, 1.165) is 24.1 Å². The summed E-state index contributed by atoms with van der Waals surface area (Å²) in [6.45, 7) is 8.28. The summed E-state index contributed by atoms with van der Waals surface area (Å²) in [4.78, 5) is 28.5. The van der Waals surface area contributed by atoms with E-state index in [4.69, 9.17) is 4.74 Å². The molecule has 1 saturated heterocycles. The number of piperidine rings is 1. The maximum absolute atomic E-state index is 12.5. The zero-order valence-corrected chi connectivity index (χ0v) is 14.9. The fraction of sp³-hybridized carbons (Fsp3) is 0.579. The molecule has 130 valence electrons. The molecule has 24 heavy (non-hydrogen) atoms. The number of amides is 2. The Hall–Kier alpha value is -2.04. The molecule has 3 rings (SSSR count). The Morgan fingerprint density at radius 1 is 1.25 bits per heavy atom. The maximum Gasteiger partial charge on any atom is 0.410 e. The molecule has 0 saturated carbocycles. The fourth-order valence-electron chi connectivity index (χ4n) is 3.65. The third-order valence-corrected chi connectivity index (χ3v) is 4.70. The van der Waals surface area contributed by atoms with E-state index in [2.05, 4.69) is 0 Å². The number of fused-ring (bicyclic) bond motifs is 1. The number of hydrogen-bond donors (Lipinski definition) is 0. The number of anilines is 1. The molecule has 0 N–H and O–H groups in total. The molecule has 2 atom stereocenters. The van der Waals surface area contributed by atoms with E-state index < -0.39 is 5.60 Å². The molecule has 2 aliphatic rings. The zero-order valence-electron chi connectivity index (χ0n) is 14.9. The summed E-state index contributed by atoms with van der Waals surface area (Å²) >= 11 is 0. The van der Waals surface area contributed by atoms with Crippen LogP contribution in [0.1, 0.15) is 46.1 Å². The first kappa shape index (κ1) is 16.8. The fourth-order valence-corrected chi connectivity index (χ4v) is 3.65. The van der Waals surface area contributed by atoms with Crippen LogP contribution in [0.4, 0.5) is 10.5 Å². The monoisotopic (exact) mass is 330 g/mol. The SMILES string of the molecule is CC1CC(N2C(=O)Cc3ccccc32)CCN1C(=O)OC(C)(C)C. The van der Waals surface area contributed by atoms with Gasteiger partial charge >= 0.3 is 6.09 Å². The number of nitrogens with zero attached hydrogens (tertiary/aromatic N) is 2. The van der Waals surface area contributed by atoms with E-state index in [9.17, 15) is 9.59 Å². The summed E-state index contributed by atoms with van der Waals surface area (Å²) in [5.41, 5.74) is 1.65. The molecular formula is C19H26N2O3. The molecule has 2 unspecified atom stereocenters. The molecule has 0 aliphatic carbocycles. The Balaban J connectivity index is 1.70. The van der Waals surface area contributed by atoms with Crippen LogP contribution in [0.2, 0.25) is 0 Å². The molecule has 0 spiro atoms. The highest BCUT2D eigenvalue weighted by atomic mass is 16.6. The van der Waals surface area contributed by atoms with Gasteiger partial charge in [-0.25, -0.2) is 4.79 Å². The Kier molecular flexibility index (Phi) is 4.28. The number of ether oxygens (including phenoxy) is 1. The molecule has 1 fully saturated rings. The summed E-state index contributed by atoms with van der Waals surface area (Å²) in [6.07, 6.45) is 1.78. The van der Waals surface area contributed by atoms with Gasteiger partial charge in [-0.15, -0.1) is 0 Å². The van der Waals surface area contributed by atoms with Crippen molar-refractivity contribution in [1.82, 2.24) is 4.90 Å². The Labute approximate surface area is 143 Å². The lowest BCUT2D eigenvalue weighted by Gasteiger charge is -2.41. The number of carbonyl (C=O) groups is 2. The van der Waals surface area contributed by atoms with Crippen LogP contribution >= 0.6 is 0 Å². The standard InChI is InChI=1S/C19H26N2O3/c1-13-11-15(9-10-20(13)18(23)24-19(2,3)4)21-16-8-6-5-7-14(16)12-17(21)22/h5-8,13,15H,9-12H2,1-4H3. The molecule has 0 aromatic heterocycles. The number of benzene rings is 1. The van der Waals surface area contributed by atoms with E-state index in [1.807, 2.05) is 56.9 Å². The van der Waals surface area contributed by atoms with Gasteiger partial charge in [0.2, 0.25) is 5.91 Å². The van der Waals surface area contributed by atoms with E-state index in [1.165, 1.54) is 0 Å². The van der Waals surface area contributed by atoms with Gasteiger partial charge in [0.05, 0.1) is 6.42 Å². The van der Waals surface area contributed by atoms with Gasteiger partial charge < -0.3 is 14.5 Å². The second-order valence-corrected chi connectivity index (χ2v) is 7.77. The Bertz CT molecular complexity index is 650. The van der Waals surface area contributed by atoms with Gasteiger partial charge in [-0.1, -0.05) is 18.2 Å². The number of likely N-dealkylation sites (tertiary alicyclic amines) is 1. The van der Waals surface area contributed by atoms with Crippen LogP contribution < -0.4 is 4.90 Å². The Morgan fingerprint density at radius 2 is 1.96 bits per heavy atom. The van der Waals surface area contributed by atoms with Crippen LogP contribution in [0.5, 0.6) is 0 Å². The van der Waals surface area contributed by atoms with Crippen molar-refractivity contribution in [3.8, 4) is 0 Å². The molecular weight excluding hydrogens is 304 g/mol. The highest BCUT2D eigenvalue weighted by Crippen LogP contribution is 2.34. The first-order valence-corrected chi connectivity index (χ1v) is 8.66. The minimum Gasteiger partial charge on any atom is -0.444 e. The van der Waals surface area contributed by atoms with Crippen LogP contribution in [0.15, 0.2) is 24.3 Å². The van der Waals surface area contributed by atoms with Crippen molar-refractivity contribution < 1.29 is 14.3 Å². The van der Waals surface area contributed by atoms with Crippen molar-refractivity contribution in [2.75, 3.05) is 11.4 Å². The number of rotatable bonds is 1. The smallest absolute Gasteiger partial charge is 0.410 e. The number of para-hydroxylation sites is 1. The van der Waals surface area contributed by atoms with Gasteiger partial charge in [0.15, 0.2) is 0 Å². The third-order valence-electron chi connectivity index (χ3n) is 4.70. The van der Waals surface area contributed by atoms with E-state index in [1.54, 1.807) is 4.90 Å². The molecule has 2 amide bonds. The summed E-state index contributed by atoms with van der Waals surface area (Å²) in [6, 6.07) is 8.19. The molecule has 0 radical (unpaired) electrons. The molecule has 5 heteroatoms.